The number of hydrogen-bond acceptors (Lipinski definition) is 4. The molecule has 0 amide bonds. The summed E-state index contributed by atoms with van der Waals surface area (Å²) in [4.78, 5) is 4.53. The van der Waals surface area contributed by atoms with Crippen LogP contribution in [0.3, 0.4) is 0 Å². The van der Waals surface area contributed by atoms with E-state index in [1.165, 1.54) is 0 Å². The molecule has 0 saturated heterocycles. The Morgan fingerprint density at radius 2 is 1.77 bits per heavy atom. The number of phenolic OH excluding ortho intramolecular Hbond substituents is 1. The van der Waals surface area contributed by atoms with Gasteiger partial charge in [-0.25, -0.2) is 0 Å². The van der Waals surface area contributed by atoms with Gasteiger partial charge in [-0.15, -0.1) is 0 Å². The van der Waals surface area contributed by atoms with E-state index in [1.807, 2.05) is 37.3 Å². The molecule has 0 bridgehead atoms. The van der Waals surface area contributed by atoms with E-state index in [1.54, 1.807) is 26.4 Å². The zero-order valence-electron chi connectivity index (χ0n) is 13.2. The van der Waals surface area contributed by atoms with Crippen molar-refractivity contribution in [1.29, 1.82) is 0 Å². The van der Waals surface area contributed by atoms with E-state index < -0.39 is 0 Å². The molecule has 0 aliphatic heterocycles. The van der Waals surface area contributed by atoms with Gasteiger partial charge in [-0.3, -0.25) is 4.99 Å². The van der Waals surface area contributed by atoms with Crippen LogP contribution in [0.5, 0.6) is 17.2 Å². The van der Waals surface area contributed by atoms with Crippen molar-refractivity contribution in [3.63, 3.8) is 0 Å². The van der Waals surface area contributed by atoms with Crippen LogP contribution in [-0.2, 0) is 6.42 Å². The molecule has 116 valence electrons. The molecule has 1 N–H and O–H groups in total. The second-order valence-electron chi connectivity index (χ2n) is 4.92. The lowest BCUT2D eigenvalue weighted by atomic mass is 10.1. The van der Waals surface area contributed by atoms with E-state index in [9.17, 15) is 5.11 Å². The molecule has 0 spiro atoms. The molecule has 22 heavy (non-hydrogen) atoms. The van der Waals surface area contributed by atoms with Gasteiger partial charge in [-0.05, 0) is 43.2 Å². The number of hydrogen-bond donors (Lipinski definition) is 1. The Balaban J connectivity index is 2.04. The first kappa shape index (κ1) is 15.9. The molecule has 0 heterocycles. The topological polar surface area (TPSA) is 51.0 Å². The molecule has 0 saturated carbocycles. The minimum atomic E-state index is 0.259. The highest BCUT2D eigenvalue weighted by molar-refractivity contribution is 6.00. The third-order valence-electron chi connectivity index (χ3n) is 3.49. The Kier molecular flexibility index (Phi) is 5.42. The van der Waals surface area contributed by atoms with Crippen molar-refractivity contribution >= 4 is 5.71 Å². The Morgan fingerprint density at radius 1 is 1.05 bits per heavy atom. The van der Waals surface area contributed by atoms with E-state index in [0.717, 1.165) is 34.8 Å². The second kappa shape index (κ2) is 7.50. The van der Waals surface area contributed by atoms with E-state index in [4.69, 9.17) is 9.47 Å². The van der Waals surface area contributed by atoms with Crippen LogP contribution in [0.15, 0.2) is 47.5 Å². The van der Waals surface area contributed by atoms with Crippen LogP contribution in [-0.4, -0.2) is 31.6 Å². The van der Waals surface area contributed by atoms with E-state index in [2.05, 4.69) is 4.99 Å². The fourth-order valence-corrected chi connectivity index (χ4v) is 2.25. The Morgan fingerprint density at radius 3 is 2.45 bits per heavy atom. The van der Waals surface area contributed by atoms with Crippen LogP contribution in [0.2, 0.25) is 0 Å². The lowest BCUT2D eigenvalue weighted by Crippen LogP contribution is -1.99. The first-order valence-corrected chi connectivity index (χ1v) is 7.16. The summed E-state index contributed by atoms with van der Waals surface area (Å²) in [6.07, 6.45) is 0.797. The van der Waals surface area contributed by atoms with Gasteiger partial charge in [0.15, 0.2) is 11.5 Å². The van der Waals surface area contributed by atoms with Crippen LogP contribution in [0, 0.1) is 0 Å². The number of rotatable bonds is 6. The highest BCUT2D eigenvalue weighted by Crippen LogP contribution is 2.27. The summed E-state index contributed by atoms with van der Waals surface area (Å²) in [6.45, 7) is 2.55. The van der Waals surface area contributed by atoms with Gasteiger partial charge >= 0.3 is 0 Å². The van der Waals surface area contributed by atoms with Crippen LogP contribution >= 0.6 is 0 Å². The van der Waals surface area contributed by atoms with Crippen molar-refractivity contribution in [3.8, 4) is 17.2 Å². The third kappa shape index (κ3) is 3.79. The monoisotopic (exact) mass is 299 g/mol. The lowest BCUT2D eigenvalue weighted by molar-refractivity contribution is 0.354. The van der Waals surface area contributed by atoms with Crippen LogP contribution in [0.4, 0.5) is 0 Å². The molecule has 0 unspecified atom stereocenters. The zero-order valence-corrected chi connectivity index (χ0v) is 13.2. The Hall–Kier alpha value is -2.49. The maximum Gasteiger partial charge on any atom is 0.160 e. The molecular weight excluding hydrogens is 278 g/mol. The molecular formula is C18H21NO3. The maximum atomic E-state index is 9.81. The van der Waals surface area contributed by atoms with Crippen molar-refractivity contribution in [2.45, 2.75) is 13.3 Å². The molecule has 2 rings (SSSR count). The van der Waals surface area contributed by atoms with Gasteiger partial charge in [-0.1, -0.05) is 18.2 Å². The molecule has 4 nitrogen and oxygen atoms in total. The van der Waals surface area contributed by atoms with E-state index >= 15 is 0 Å². The Bertz CT molecular complexity index is 665. The quantitative estimate of drug-likeness (QED) is 0.831. The zero-order chi connectivity index (χ0) is 15.9. The molecule has 2 aromatic rings. The smallest absolute Gasteiger partial charge is 0.160 e. The SMILES string of the molecule is COc1ccc(CCN=C(C)c2ccccc2O)cc1OC. The van der Waals surface area contributed by atoms with Crippen molar-refractivity contribution in [1.82, 2.24) is 0 Å². The highest BCUT2D eigenvalue weighted by Gasteiger charge is 2.05. The second-order valence-corrected chi connectivity index (χ2v) is 4.92. The number of aliphatic imine (C=N–C) groups is 1. The van der Waals surface area contributed by atoms with Gasteiger partial charge in [0.2, 0.25) is 0 Å². The average Bonchev–Trinajstić information content (AvgIpc) is 2.55. The van der Waals surface area contributed by atoms with Gasteiger partial charge in [-0.2, -0.15) is 0 Å². The van der Waals surface area contributed by atoms with E-state index in [0.29, 0.717) is 6.54 Å². The Labute approximate surface area is 131 Å². The fraction of sp³-hybridized carbons (Fsp3) is 0.278. The average molecular weight is 299 g/mol. The molecule has 0 aliphatic carbocycles. The number of ether oxygens (including phenoxy) is 2. The first-order valence-electron chi connectivity index (χ1n) is 7.16. The van der Waals surface area contributed by atoms with Crippen LogP contribution in [0.25, 0.3) is 0 Å². The van der Waals surface area contributed by atoms with Crippen molar-refractivity contribution < 1.29 is 14.6 Å². The maximum absolute atomic E-state index is 9.81. The van der Waals surface area contributed by atoms with Gasteiger partial charge in [0.25, 0.3) is 0 Å². The van der Waals surface area contributed by atoms with Gasteiger partial charge < -0.3 is 14.6 Å². The molecule has 4 heteroatoms. The minimum absolute atomic E-state index is 0.259. The van der Waals surface area contributed by atoms with Gasteiger partial charge in [0, 0.05) is 17.8 Å². The standard InChI is InChI=1S/C18H21NO3/c1-13(15-6-4-5-7-16(15)20)19-11-10-14-8-9-17(21-2)18(12-14)22-3/h4-9,12,20H,10-11H2,1-3H3. The molecule has 2 aromatic carbocycles. The molecule has 0 atom stereocenters. The predicted octanol–water partition coefficient (Wildman–Crippen LogP) is 3.46. The number of para-hydroxylation sites is 1. The molecule has 0 aromatic heterocycles. The summed E-state index contributed by atoms with van der Waals surface area (Å²) in [5.74, 6) is 1.71. The minimum Gasteiger partial charge on any atom is -0.507 e. The van der Waals surface area contributed by atoms with Crippen molar-refractivity contribution in [2.24, 2.45) is 4.99 Å². The van der Waals surface area contributed by atoms with Gasteiger partial charge in [0.1, 0.15) is 5.75 Å². The summed E-state index contributed by atoms with van der Waals surface area (Å²) >= 11 is 0. The largest absolute Gasteiger partial charge is 0.507 e. The number of methoxy groups -OCH3 is 2. The summed E-state index contributed by atoms with van der Waals surface area (Å²) in [7, 11) is 3.25. The summed E-state index contributed by atoms with van der Waals surface area (Å²) in [6, 6.07) is 13.1. The van der Waals surface area contributed by atoms with Crippen LogP contribution < -0.4 is 9.47 Å². The summed E-state index contributed by atoms with van der Waals surface area (Å²) in [5, 5.41) is 9.81. The highest BCUT2D eigenvalue weighted by atomic mass is 16.5. The number of phenols is 1. The molecule has 0 fully saturated rings. The summed E-state index contributed by atoms with van der Waals surface area (Å²) in [5.41, 5.74) is 2.74. The van der Waals surface area contributed by atoms with Crippen molar-refractivity contribution in [2.75, 3.05) is 20.8 Å². The molecule has 0 radical (unpaired) electrons. The third-order valence-corrected chi connectivity index (χ3v) is 3.49. The van der Waals surface area contributed by atoms with Gasteiger partial charge in [0.05, 0.1) is 14.2 Å². The predicted molar refractivity (Wildman–Crippen MR) is 88.4 cm³/mol. The number of aromatic hydroxyl groups is 1. The number of benzene rings is 2. The van der Waals surface area contributed by atoms with E-state index in [-0.39, 0.29) is 5.75 Å². The number of nitrogens with zero attached hydrogens (tertiary/aromatic N) is 1. The van der Waals surface area contributed by atoms with Crippen LogP contribution in [0.1, 0.15) is 18.1 Å². The summed E-state index contributed by atoms with van der Waals surface area (Å²) < 4.78 is 10.5. The lowest BCUT2D eigenvalue weighted by Gasteiger charge is -2.09. The fourth-order valence-electron chi connectivity index (χ4n) is 2.25. The van der Waals surface area contributed by atoms with Crippen molar-refractivity contribution in [3.05, 3.63) is 53.6 Å². The molecule has 0 aliphatic rings. The first-order chi connectivity index (χ1) is 10.7. The normalized spacial score (nSPS) is 11.3.